The Morgan fingerprint density at radius 3 is 2.53 bits per heavy atom. The van der Waals surface area contributed by atoms with E-state index in [9.17, 15) is 0 Å². The van der Waals surface area contributed by atoms with Crippen LogP contribution < -0.4 is 11.1 Å². The Labute approximate surface area is 108 Å². The lowest BCUT2D eigenvalue weighted by atomic mass is 10.4. The summed E-state index contributed by atoms with van der Waals surface area (Å²) in [6.45, 7) is -0.475. The highest BCUT2D eigenvalue weighted by Gasteiger charge is 2.09. The molecule has 0 saturated heterocycles. The normalized spacial score (nSPS) is 11.1. The van der Waals surface area contributed by atoms with Crippen molar-refractivity contribution in [2.45, 2.75) is 6.10 Å². The summed E-state index contributed by atoms with van der Waals surface area (Å²) in [5.41, 5.74) is 6.60. The molecule has 9 heteroatoms. The van der Waals surface area contributed by atoms with Gasteiger partial charge >= 0.3 is 0 Å². The number of aliphatic hydroxyl groups is 2. The Hall–Kier alpha value is -2.10. The molecule has 2 rings (SSSR count). The Bertz CT molecular complexity index is 548. The molecular weight excluding hydrogens is 252 g/mol. The van der Waals surface area contributed by atoms with Gasteiger partial charge in [-0.3, -0.25) is 0 Å². The predicted molar refractivity (Wildman–Crippen MR) is 67.1 cm³/mol. The van der Waals surface area contributed by atoms with Gasteiger partial charge in [0.2, 0.25) is 0 Å². The first-order chi connectivity index (χ1) is 9.26. The zero-order valence-electron chi connectivity index (χ0n) is 10.0. The summed E-state index contributed by atoms with van der Waals surface area (Å²) in [6.07, 6.45) is 2.01. The maximum atomic E-state index is 8.86. The number of fused-ring (bicyclic) bond motifs is 1. The largest absolute Gasteiger partial charge is 0.394 e. The van der Waals surface area contributed by atoms with Crippen LogP contribution in [0.3, 0.4) is 0 Å². The number of nitrogen functional groups attached to an aromatic ring is 1. The van der Waals surface area contributed by atoms with Crippen LogP contribution in [0.25, 0.3) is 11.0 Å². The molecule has 0 amide bonds. The number of ether oxygens (including phenoxy) is 1. The van der Waals surface area contributed by atoms with Crippen LogP contribution in [0.1, 0.15) is 0 Å². The summed E-state index contributed by atoms with van der Waals surface area (Å²) >= 11 is 0. The molecular formula is C10H14N6O3. The number of hydrogen-bond acceptors (Lipinski definition) is 9. The number of hydrogen-bond donors (Lipinski definition) is 4. The minimum absolute atomic E-state index is 0.0573. The van der Waals surface area contributed by atoms with Gasteiger partial charge in [-0.05, 0) is 0 Å². The van der Waals surface area contributed by atoms with Crippen molar-refractivity contribution >= 4 is 22.7 Å². The van der Waals surface area contributed by atoms with Crippen molar-refractivity contribution in [1.82, 2.24) is 19.9 Å². The lowest BCUT2D eigenvalue weighted by Crippen LogP contribution is -2.25. The second kappa shape index (κ2) is 6.18. The summed E-state index contributed by atoms with van der Waals surface area (Å²) in [5, 5.41) is 20.6. The molecule has 0 saturated carbocycles. The molecule has 9 nitrogen and oxygen atoms in total. The summed E-state index contributed by atoms with van der Waals surface area (Å²) in [5.74, 6) is 0.702. The maximum Gasteiger partial charge on any atom is 0.158 e. The highest BCUT2D eigenvalue weighted by Crippen LogP contribution is 2.18. The van der Waals surface area contributed by atoms with Crippen LogP contribution in [0, 0.1) is 0 Å². The van der Waals surface area contributed by atoms with Gasteiger partial charge in [-0.2, -0.15) is 0 Å². The van der Waals surface area contributed by atoms with Crippen molar-refractivity contribution in [3.8, 4) is 0 Å². The molecule has 0 radical (unpaired) electrons. The first kappa shape index (κ1) is 13.3. The molecule has 2 aromatic heterocycles. The Kier molecular flexibility index (Phi) is 4.34. The lowest BCUT2D eigenvalue weighted by molar-refractivity contribution is -0.0117. The molecule has 0 aliphatic rings. The van der Waals surface area contributed by atoms with E-state index in [2.05, 4.69) is 25.3 Å². The van der Waals surface area contributed by atoms with Crippen molar-refractivity contribution in [3.05, 3.63) is 12.7 Å². The van der Waals surface area contributed by atoms with Gasteiger partial charge in [-0.25, -0.2) is 19.9 Å². The number of rotatable bonds is 6. The van der Waals surface area contributed by atoms with E-state index in [1.54, 1.807) is 0 Å². The van der Waals surface area contributed by atoms with Gasteiger partial charge < -0.3 is 26.0 Å². The summed E-state index contributed by atoms with van der Waals surface area (Å²) in [4.78, 5) is 15.9. The second-order valence-electron chi connectivity index (χ2n) is 3.65. The summed E-state index contributed by atoms with van der Waals surface area (Å²) in [7, 11) is 0. The van der Waals surface area contributed by atoms with E-state index in [1.165, 1.54) is 12.7 Å². The highest BCUT2D eigenvalue weighted by atomic mass is 16.5. The van der Waals surface area contributed by atoms with Gasteiger partial charge in [-0.15, -0.1) is 0 Å². The SMILES string of the molecule is Nc1ncnc2c(NCOC(CO)CO)ncnc12. The average Bonchev–Trinajstić information content (AvgIpc) is 2.44. The van der Waals surface area contributed by atoms with E-state index >= 15 is 0 Å². The Morgan fingerprint density at radius 2 is 1.79 bits per heavy atom. The number of nitrogens with one attached hydrogen (secondary N) is 1. The summed E-state index contributed by atoms with van der Waals surface area (Å²) in [6, 6.07) is 0. The molecule has 0 bridgehead atoms. The topological polar surface area (TPSA) is 139 Å². The number of nitrogens with two attached hydrogens (primary N) is 1. The predicted octanol–water partition coefficient (Wildman–Crippen LogP) is -1.26. The monoisotopic (exact) mass is 266 g/mol. The highest BCUT2D eigenvalue weighted by molar-refractivity contribution is 5.90. The zero-order chi connectivity index (χ0) is 13.7. The van der Waals surface area contributed by atoms with Gasteiger partial charge in [0.15, 0.2) is 11.6 Å². The third-order valence-corrected chi connectivity index (χ3v) is 2.41. The Morgan fingerprint density at radius 1 is 1.11 bits per heavy atom. The average molecular weight is 266 g/mol. The summed E-state index contributed by atoms with van der Waals surface area (Å²) < 4.78 is 5.18. The maximum absolute atomic E-state index is 8.86. The van der Waals surface area contributed by atoms with Crippen molar-refractivity contribution < 1.29 is 14.9 Å². The molecule has 2 aromatic rings. The third kappa shape index (κ3) is 3.02. The van der Waals surface area contributed by atoms with E-state index in [0.29, 0.717) is 16.9 Å². The quantitative estimate of drug-likeness (QED) is 0.471. The van der Waals surface area contributed by atoms with Gasteiger partial charge in [0.1, 0.15) is 36.5 Å². The van der Waals surface area contributed by atoms with Crippen LogP contribution in [-0.2, 0) is 4.74 Å². The molecule has 0 atom stereocenters. The van der Waals surface area contributed by atoms with Gasteiger partial charge in [0, 0.05) is 0 Å². The third-order valence-electron chi connectivity index (χ3n) is 2.41. The lowest BCUT2D eigenvalue weighted by Gasteiger charge is -2.13. The molecule has 0 aliphatic heterocycles. The molecule has 5 N–H and O–H groups in total. The van der Waals surface area contributed by atoms with Crippen LogP contribution in [-0.4, -0.2) is 56.2 Å². The van der Waals surface area contributed by atoms with E-state index in [0.717, 1.165) is 0 Å². The molecule has 2 heterocycles. The van der Waals surface area contributed by atoms with Crippen molar-refractivity contribution in [3.63, 3.8) is 0 Å². The minimum Gasteiger partial charge on any atom is -0.394 e. The first-order valence-corrected chi connectivity index (χ1v) is 5.54. The van der Waals surface area contributed by atoms with E-state index in [-0.39, 0.29) is 25.8 Å². The molecule has 0 spiro atoms. The van der Waals surface area contributed by atoms with Crippen LogP contribution in [0.4, 0.5) is 11.6 Å². The zero-order valence-corrected chi connectivity index (χ0v) is 10.0. The number of aromatic nitrogens is 4. The fourth-order valence-corrected chi connectivity index (χ4v) is 1.42. The fraction of sp³-hybridized carbons (Fsp3) is 0.400. The molecule has 0 aromatic carbocycles. The van der Waals surface area contributed by atoms with Crippen LogP contribution >= 0.6 is 0 Å². The molecule has 102 valence electrons. The first-order valence-electron chi connectivity index (χ1n) is 5.54. The van der Waals surface area contributed by atoms with Crippen molar-refractivity contribution in [2.24, 2.45) is 0 Å². The Balaban J connectivity index is 2.11. The van der Waals surface area contributed by atoms with Gasteiger partial charge in [0.25, 0.3) is 0 Å². The van der Waals surface area contributed by atoms with Gasteiger partial charge in [0.05, 0.1) is 13.2 Å². The van der Waals surface area contributed by atoms with E-state index in [4.69, 9.17) is 20.7 Å². The van der Waals surface area contributed by atoms with Crippen LogP contribution in [0.5, 0.6) is 0 Å². The van der Waals surface area contributed by atoms with Crippen LogP contribution in [0.2, 0.25) is 0 Å². The second-order valence-corrected chi connectivity index (χ2v) is 3.65. The molecule has 19 heavy (non-hydrogen) atoms. The van der Waals surface area contributed by atoms with Gasteiger partial charge in [-0.1, -0.05) is 0 Å². The van der Waals surface area contributed by atoms with Crippen molar-refractivity contribution in [2.75, 3.05) is 31.0 Å². The fourth-order valence-electron chi connectivity index (χ4n) is 1.42. The molecule has 0 unspecified atom stereocenters. The molecule has 0 aliphatic carbocycles. The van der Waals surface area contributed by atoms with E-state index in [1.807, 2.05) is 0 Å². The van der Waals surface area contributed by atoms with Crippen molar-refractivity contribution in [1.29, 1.82) is 0 Å². The molecule has 0 fully saturated rings. The smallest absolute Gasteiger partial charge is 0.158 e. The van der Waals surface area contributed by atoms with E-state index < -0.39 is 6.10 Å². The standard InChI is InChI=1S/C10H14N6O3/c11-9-7-8(13-3-14-9)10(15-4-12-7)16-5-19-6(1-17)2-18/h3-4,6,17-18H,1-2,5H2,(H2,11,13,14)(H,12,15,16). The number of anilines is 2. The minimum atomic E-state index is -0.639. The van der Waals surface area contributed by atoms with Crippen LogP contribution in [0.15, 0.2) is 12.7 Å². The number of aliphatic hydroxyl groups excluding tert-OH is 2. The number of nitrogens with zero attached hydrogens (tertiary/aromatic N) is 4.